The lowest BCUT2D eigenvalue weighted by Gasteiger charge is -2.43. The summed E-state index contributed by atoms with van der Waals surface area (Å²) >= 11 is 1.33. The predicted molar refractivity (Wildman–Crippen MR) is 170 cm³/mol. The summed E-state index contributed by atoms with van der Waals surface area (Å²) in [4.78, 5) is 0.174. The lowest BCUT2D eigenvalue weighted by molar-refractivity contribution is -0.470. The summed E-state index contributed by atoms with van der Waals surface area (Å²) in [5, 5.41) is 7.38. The number of amidine groups is 1. The lowest BCUT2D eigenvalue weighted by atomic mass is 9.87. The fraction of sp³-hybridized carbons (Fsp3) is 0.406. The zero-order valence-electron chi connectivity index (χ0n) is 24.4. The number of benzene rings is 3. The molecule has 0 aromatic heterocycles. The fourth-order valence-electron chi connectivity index (χ4n) is 6.28. The first-order valence-corrected chi connectivity index (χ1v) is 18.8. The molecule has 0 atom stereocenters. The van der Waals surface area contributed by atoms with Crippen molar-refractivity contribution in [2.24, 2.45) is 14.9 Å². The largest absolute Gasteiger partial charge is 0.403 e. The molecule has 3 aromatic carbocycles. The molecular formula is C32H40N3O3S2Si+. The molecule has 1 spiro atoms. The first-order valence-electron chi connectivity index (χ1n) is 14.3. The second-order valence-electron chi connectivity index (χ2n) is 12.2. The van der Waals surface area contributed by atoms with Crippen molar-refractivity contribution in [3.63, 3.8) is 0 Å². The third-order valence-electron chi connectivity index (χ3n) is 8.42. The molecule has 0 amide bonds. The molecule has 0 bridgehead atoms. The Morgan fingerprint density at radius 1 is 0.951 bits per heavy atom. The monoisotopic (exact) mass is 606 g/mol. The third-order valence-corrected chi connectivity index (χ3v) is 15.5. The summed E-state index contributed by atoms with van der Waals surface area (Å²) < 4.78 is 39.7. The SMILES string of the molecule is CSC(=NS(=O)(=O)c1ccc(CO[Si](c2ccccc2)(c2ccccc2)C(C)(C)C)cc1)[N+]1=NCC2(CCCC2)C1. The van der Waals surface area contributed by atoms with Gasteiger partial charge in [0.25, 0.3) is 8.32 Å². The molecular weight excluding hydrogens is 567 g/mol. The van der Waals surface area contributed by atoms with Crippen LogP contribution in [0.5, 0.6) is 0 Å². The first kappa shape index (κ1) is 29.9. The number of rotatable bonds is 7. The molecule has 0 saturated heterocycles. The third kappa shape index (κ3) is 6.14. The summed E-state index contributed by atoms with van der Waals surface area (Å²) in [7, 11) is -6.58. The van der Waals surface area contributed by atoms with Crippen molar-refractivity contribution in [2.45, 2.75) is 63.0 Å². The standard InChI is InChI=1S/C32H40N3O3S2Si/c1-31(2,3)41(28-13-7-5-8-14-28,29-15-9-6-10-16-29)38-23-26-17-19-27(20-18-26)40(36,37)34-30(39-4)35-25-32(24-33-35)21-11-12-22-32/h5-10,13-20H,11-12,21-25H2,1-4H3/q+1. The molecule has 41 heavy (non-hydrogen) atoms. The van der Waals surface area contributed by atoms with Crippen LogP contribution in [0.2, 0.25) is 5.04 Å². The molecule has 6 nitrogen and oxygen atoms in total. The second-order valence-corrected chi connectivity index (χ2v) is 18.9. The van der Waals surface area contributed by atoms with Crippen molar-refractivity contribution in [2.75, 3.05) is 19.3 Å². The van der Waals surface area contributed by atoms with Crippen molar-refractivity contribution in [1.29, 1.82) is 0 Å². The van der Waals surface area contributed by atoms with E-state index in [-0.39, 0.29) is 15.3 Å². The van der Waals surface area contributed by atoms with E-state index in [1.165, 1.54) is 35.0 Å². The van der Waals surface area contributed by atoms with E-state index in [1.54, 1.807) is 16.8 Å². The van der Waals surface area contributed by atoms with Gasteiger partial charge in [-0.3, -0.25) is 0 Å². The maximum absolute atomic E-state index is 13.3. The van der Waals surface area contributed by atoms with Crippen molar-refractivity contribution < 1.29 is 17.5 Å². The zero-order chi connectivity index (χ0) is 29.1. The molecule has 5 rings (SSSR count). The highest BCUT2D eigenvalue weighted by Gasteiger charge is 2.50. The molecule has 1 aliphatic carbocycles. The molecule has 9 heteroatoms. The topological polar surface area (TPSA) is 71.1 Å². The maximum atomic E-state index is 13.3. The van der Waals surface area contributed by atoms with E-state index in [2.05, 4.69) is 78.8 Å². The van der Waals surface area contributed by atoms with Crippen LogP contribution in [0.4, 0.5) is 0 Å². The average Bonchev–Trinajstić information content (AvgIpc) is 3.62. The van der Waals surface area contributed by atoms with Gasteiger partial charge in [0.05, 0.1) is 17.5 Å². The molecule has 1 aliphatic heterocycles. The van der Waals surface area contributed by atoms with Crippen molar-refractivity contribution in [1.82, 2.24) is 0 Å². The molecule has 3 aromatic rings. The van der Waals surface area contributed by atoms with Crippen LogP contribution in [0, 0.1) is 5.41 Å². The summed E-state index contributed by atoms with van der Waals surface area (Å²) in [6, 6.07) is 28.0. The van der Waals surface area contributed by atoms with Crippen molar-refractivity contribution in [3.05, 3.63) is 90.5 Å². The molecule has 1 fully saturated rings. The van der Waals surface area contributed by atoms with Crippen LogP contribution >= 0.6 is 11.8 Å². The quantitative estimate of drug-likeness (QED) is 0.139. The Morgan fingerprint density at radius 2 is 1.51 bits per heavy atom. The first-order chi connectivity index (χ1) is 19.6. The molecule has 216 valence electrons. The number of sulfonamides is 1. The average molecular weight is 607 g/mol. The summed E-state index contributed by atoms with van der Waals surface area (Å²) in [6.07, 6.45) is 6.60. The summed E-state index contributed by atoms with van der Waals surface area (Å²) in [5.74, 6) is 0. The number of hydrogen-bond acceptors (Lipinski definition) is 5. The zero-order valence-corrected chi connectivity index (χ0v) is 27.0. The van der Waals surface area contributed by atoms with Gasteiger partial charge in [-0.15, -0.1) is 9.81 Å². The minimum atomic E-state index is -3.88. The van der Waals surface area contributed by atoms with Crippen LogP contribution in [0.1, 0.15) is 52.0 Å². The number of hydrogen-bond donors (Lipinski definition) is 0. The van der Waals surface area contributed by atoms with E-state index in [0.717, 1.165) is 31.5 Å². The van der Waals surface area contributed by atoms with Crippen LogP contribution in [-0.2, 0) is 21.1 Å². The molecule has 0 radical (unpaired) electrons. The van der Waals surface area contributed by atoms with E-state index in [4.69, 9.17) is 4.43 Å². The Bertz CT molecular complexity index is 1470. The molecule has 0 unspecified atom stereocenters. The van der Waals surface area contributed by atoms with Crippen LogP contribution in [0.15, 0.2) is 99.3 Å². The van der Waals surface area contributed by atoms with E-state index >= 15 is 0 Å². The highest BCUT2D eigenvalue weighted by molar-refractivity contribution is 8.13. The van der Waals surface area contributed by atoms with Crippen LogP contribution < -0.4 is 10.4 Å². The van der Waals surface area contributed by atoms with Crippen LogP contribution in [0.3, 0.4) is 0 Å². The highest BCUT2D eigenvalue weighted by atomic mass is 32.2. The van der Waals surface area contributed by atoms with Gasteiger partial charge in [-0.05, 0) is 64.0 Å². The Balaban J connectivity index is 1.38. The summed E-state index contributed by atoms with van der Waals surface area (Å²) in [6.45, 7) is 8.63. The Labute approximate surface area is 250 Å². The van der Waals surface area contributed by atoms with Gasteiger partial charge < -0.3 is 4.43 Å². The maximum Gasteiger partial charge on any atom is 0.393 e. The van der Waals surface area contributed by atoms with E-state index in [0.29, 0.717) is 11.8 Å². The number of azo groups is 2. The molecule has 2 aliphatic rings. The predicted octanol–water partition coefficient (Wildman–Crippen LogP) is 6.21. The van der Waals surface area contributed by atoms with Gasteiger partial charge in [0, 0.05) is 5.41 Å². The van der Waals surface area contributed by atoms with Crippen molar-refractivity contribution in [3.8, 4) is 0 Å². The summed E-state index contributed by atoms with van der Waals surface area (Å²) in [5.41, 5.74) is 1.11. The Morgan fingerprint density at radius 3 is 2.02 bits per heavy atom. The fourth-order valence-corrected chi connectivity index (χ4v) is 12.6. The minimum absolute atomic E-state index is 0.139. The van der Waals surface area contributed by atoms with E-state index < -0.39 is 18.3 Å². The van der Waals surface area contributed by atoms with Crippen LogP contribution in [-0.4, -0.2) is 45.9 Å². The Hall–Kier alpha value is -2.59. The normalized spacial score (nSPS) is 17.7. The van der Waals surface area contributed by atoms with Gasteiger partial charge in [-0.1, -0.05) is 106 Å². The number of nitrogens with zero attached hydrogens (tertiary/aromatic N) is 3. The molecule has 1 saturated carbocycles. The van der Waals surface area contributed by atoms with Crippen LogP contribution in [0.25, 0.3) is 0 Å². The molecule has 0 N–H and O–H groups in total. The van der Waals surface area contributed by atoms with E-state index in [9.17, 15) is 8.42 Å². The van der Waals surface area contributed by atoms with Gasteiger partial charge in [-0.25, -0.2) is 0 Å². The lowest BCUT2D eigenvalue weighted by Crippen LogP contribution is -2.66. The van der Waals surface area contributed by atoms with Crippen molar-refractivity contribution >= 4 is 45.6 Å². The van der Waals surface area contributed by atoms with E-state index in [1.807, 2.05) is 30.5 Å². The molecule has 1 heterocycles. The highest BCUT2D eigenvalue weighted by Crippen LogP contribution is 2.41. The van der Waals surface area contributed by atoms with Gasteiger partial charge in [0.2, 0.25) is 0 Å². The van der Waals surface area contributed by atoms with Gasteiger partial charge in [0.1, 0.15) is 11.4 Å². The van der Waals surface area contributed by atoms with Gasteiger partial charge >= 0.3 is 15.2 Å². The smallest absolute Gasteiger partial charge is 0.393 e. The Kier molecular flexibility index (Phi) is 8.71. The van der Waals surface area contributed by atoms with Gasteiger partial charge in [0.15, 0.2) is 0 Å². The van der Waals surface area contributed by atoms with Gasteiger partial charge in [-0.2, -0.15) is 8.42 Å². The second kappa shape index (κ2) is 12.0. The number of thioether (sulfide) groups is 1. The minimum Gasteiger partial charge on any atom is -0.403 e.